The van der Waals surface area contributed by atoms with Gasteiger partial charge in [-0.3, -0.25) is 9.59 Å². The summed E-state index contributed by atoms with van der Waals surface area (Å²) in [7, 11) is 1.41. The van der Waals surface area contributed by atoms with E-state index >= 15 is 0 Å². The van der Waals surface area contributed by atoms with E-state index in [4.69, 9.17) is 9.47 Å². The van der Waals surface area contributed by atoms with Gasteiger partial charge in [0.2, 0.25) is 0 Å². The molecule has 0 bridgehead atoms. The fraction of sp³-hybridized carbons (Fsp3) is 0.464. The molecule has 1 N–H and O–H groups in total. The number of carbonyl (C=O) groups excluding carboxylic acids is 2. The van der Waals surface area contributed by atoms with Crippen molar-refractivity contribution in [3.05, 3.63) is 58.9 Å². The first-order valence-electron chi connectivity index (χ1n) is 12.9. The number of H-pyrrole nitrogens is 1. The first-order chi connectivity index (χ1) is 18.8. The van der Waals surface area contributed by atoms with Crippen molar-refractivity contribution in [2.45, 2.75) is 62.4 Å². The van der Waals surface area contributed by atoms with Gasteiger partial charge in [0.1, 0.15) is 5.75 Å². The Morgan fingerprint density at radius 3 is 2.52 bits per heavy atom. The van der Waals surface area contributed by atoms with E-state index in [-0.39, 0.29) is 63.8 Å². The third-order valence-corrected chi connectivity index (χ3v) is 8.78. The number of ether oxygens (including phenoxy) is 2. The maximum absolute atomic E-state index is 12.6. The van der Waals surface area contributed by atoms with Gasteiger partial charge in [0.25, 0.3) is 0 Å². The second-order valence-corrected chi connectivity index (χ2v) is 11.5. The van der Waals surface area contributed by atoms with E-state index in [1.165, 1.54) is 14.0 Å². The number of aromatic amines is 1. The average molecular weight is 595 g/mol. The topological polar surface area (TPSA) is 130 Å². The van der Waals surface area contributed by atoms with Gasteiger partial charge in [-0.15, -0.1) is 28.6 Å². The number of methoxy groups -OCH3 is 1. The SMILES string of the molecule is CCCc1c(OCCCSc2ccc(C(SCc3nnn[nH]3)C(C)CC(=O)OC)cc2)ccc(C(C)=O)c1[O-].[Na+]. The molecule has 210 valence electrons. The van der Waals surface area contributed by atoms with Crippen molar-refractivity contribution in [1.82, 2.24) is 20.6 Å². The number of rotatable bonds is 16. The second kappa shape index (κ2) is 17.7. The van der Waals surface area contributed by atoms with Crippen LogP contribution in [0.15, 0.2) is 41.3 Å². The number of nitrogens with one attached hydrogen (secondary N) is 1. The molecule has 0 aliphatic rings. The summed E-state index contributed by atoms with van der Waals surface area (Å²) in [6.45, 7) is 5.95. The maximum atomic E-state index is 12.6. The molecule has 12 heteroatoms. The van der Waals surface area contributed by atoms with Gasteiger partial charge in [0.05, 0.1) is 19.5 Å². The van der Waals surface area contributed by atoms with Crippen LogP contribution < -0.4 is 39.4 Å². The summed E-state index contributed by atoms with van der Waals surface area (Å²) in [6, 6.07) is 11.7. The van der Waals surface area contributed by atoms with Gasteiger partial charge in [-0.25, -0.2) is 5.10 Å². The van der Waals surface area contributed by atoms with Crippen molar-refractivity contribution in [3.8, 4) is 11.5 Å². The zero-order valence-electron chi connectivity index (χ0n) is 23.8. The average Bonchev–Trinajstić information content (AvgIpc) is 3.44. The molecule has 2 atom stereocenters. The Bertz CT molecular complexity index is 1210. The van der Waals surface area contributed by atoms with Gasteiger partial charge in [-0.05, 0) is 71.5 Å². The molecule has 0 saturated heterocycles. The predicted octanol–water partition coefficient (Wildman–Crippen LogP) is 2.17. The van der Waals surface area contributed by atoms with Crippen molar-refractivity contribution >= 4 is 35.3 Å². The molecule has 0 aliphatic carbocycles. The van der Waals surface area contributed by atoms with Gasteiger partial charge < -0.3 is 14.6 Å². The molecule has 0 spiro atoms. The monoisotopic (exact) mass is 594 g/mol. The number of aromatic nitrogens is 4. The molecular formula is C28H35N4NaO5S2. The molecule has 40 heavy (non-hydrogen) atoms. The fourth-order valence-electron chi connectivity index (χ4n) is 4.14. The molecule has 0 amide bonds. The van der Waals surface area contributed by atoms with Crippen LogP contribution in [-0.2, 0) is 21.7 Å². The summed E-state index contributed by atoms with van der Waals surface area (Å²) in [5.74, 6) is 2.11. The minimum absolute atomic E-state index is 0. The summed E-state index contributed by atoms with van der Waals surface area (Å²) in [5, 5.41) is 26.7. The molecule has 0 fully saturated rings. The quantitative estimate of drug-likeness (QED) is 0.0866. The van der Waals surface area contributed by atoms with Crippen LogP contribution in [0.4, 0.5) is 0 Å². The zero-order chi connectivity index (χ0) is 28.2. The molecule has 2 unspecified atom stereocenters. The van der Waals surface area contributed by atoms with Gasteiger partial charge in [0.15, 0.2) is 11.6 Å². The largest absolute Gasteiger partial charge is 1.00 e. The van der Waals surface area contributed by atoms with Crippen LogP contribution in [0.2, 0.25) is 0 Å². The van der Waals surface area contributed by atoms with E-state index in [9.17, 15) is 14.7 Å². The van der Waals surface area contributed by atoms with E-state index in [2.05, 4.69) is 44.9 Å². The number of esters is 1. The number of Topliss-reactive ketones (excluding diaryl/α,β-unsaturated/α-hetero) is 1. The molecule has 9 nitrogen and oxygen atoms in total. The van der Waals surface area contributed by atoms with E-state index in [1.807, 2.05) is 13.8 Å². The molecule has 3 rings (SSSR count). The number of tetrazole rings is 1. The van der Waals surface area contributed by atoms with Crippen molar-refractivity contribution in [2.24, 2.45) is 5.92 Å². The Morgan fingerprint density at radius 2 is 1.90 bits per heavy atom. The van der Waals surface area contributed by atoms with Crippen LogP contribution in [0, 0.1) is 5.92 Å². The van der Waals surface area contributed by atoms with Crippen LogP contribution in [0.1, 0.15) is 72.6 Å². The molecule has 0 saturated carbocycles. The molecule has 1 heterocycles. The van der Waals surface area contributed by atoms with E-state index < -0.39 is 0 Å². The molecule has 0 aliphatic heterocycles. The standard InChI is InChI=1S/C28H36N4O5S2.Na/c1-5-7-23-24(13-12-22(19(3)33)27(23)35)37-14-6-15-38-21-10-8-20(9-11-21)28(18(2)16-26(34)36-4)39-17-25-29-31-32-30-25;/h8-13,18,28,35H,5-7,14-17H2,1-4H3,(H,29,30,31,32);/q;+1/p-1. The van der Waals surface area contributed by atoms with Crippen LogP contribution in [-0.4, -0.2) is 51.8 Å². The minimum atomic E-state index is -0.230. The van der Waals surface area contributed by atoms with Gasteiger partial charge >= 0.3 is 35.5 Å². The van der Waals surface area contributed by atoms with Gasteiger partial charge in [-0.2, -0.15) is 0 Å². The molecule has 1 aromatic heterocycles. The summed E-state index contributed by atoms with van der Waals surface area (Å²) in [6.07, 6.45) is 2.52. The van der Waals surface area contributed by atoms with E-state index in [1.54, 1.807) is 35.7 Å². The van der Waals surface area contributed by atoms with Crippen molar-refractivity contribution < 1.29 is 53.7 Å². The number of nitrogens with zero attached hydrogens (tertiary/aromatic N) is 3. The van der Waals surface area contributed by atoms with E-state index in [0.717, 1.165) is 29.1 Å². The van der Waals surface area contributed by atoms with Crippen LogP contribution in [0.3, 0.4) is 0 Å². The number of hydrogen-bond donors (Lipinski definition) is 1. The van der Waals surface area contributed by atoms with Crippen LogP contribution in [0.5, 0.6) is 11.5 Å². The minimum Gasteiger partial charge on any atom is -0.872 e. The molecule has 3 aromatic rings. The first-order valence-corrected chi connectivity index (χ1v) is 15.0. The Hall–Kier alpha value is -2.05. The third-order valence-electron chi connectivity index (χ3n) is 6.14. The van der Waals surface area contributed by atoms with Gasteiger partial charge in [-0.1, -0.05) is 38.2 Å². The zero-order valence-corrected chi connectivity index (χ0v) is 27.4. The van der Waals surface area contributed by atoms with Crippen LogP contribution in [0.25, 0.3) is 0 Å². The summed E-state index contributed by atoms with van der Waals surface area (Å²) < 4.78 is 10.8. The molecule has 0 radical (unpaired) electrons. The maximum Gasteiger partial charge on any atom is 1.00 e. The fourth-order valence-corrected chi connectivity index (χ4v) is 6.21. The smallest absolute Gasteiger partial charge is 0.872 e. The summed E-state index contributed by atoms with van der Waals surface area (Å²) in [4.78, 5) is 24.8. The normalized spacial score (nSPS) is 12.3. The number of carbonyl (C=O) groups is 2. The van der Waals surface area contributed by atoms with Crippen molar-refractivity contribution in [2.75, 3.05) is 19.5 Å². The number of thioether (sulfide) groups is 2. The Balaban J connectivity index is 0.00000560. The Morgan fingerprint density at radius 1 is 1.15 bits per heavy atom. The summed E-state index contributed by atoms with van der Waals surface area (Å²) in [5.41, 5.74) is 1.93. The Labute approximate surface area is 266 Å². The second-order valence-electron chi connectivity index (χ2n) is 9.18. The van der Waals surface area contributed by atoms with Crippen LogP contribution >= 0.6 is 23.5 Å². The number of hydrogen-bond acceptors (Lipinski definition) is 10. The third kappa shape index (κ3) is 10.1. The number of ketones is 1. The van der Waals surface area contributed by atoms with Crippen molar-refractivity contribution in [3.63, 3.8) is 0 Å². The number of benzene rings is 2. The van der Waals surface area contributed by atoms with Crippen molar-refractivity contribution in [1.29, 1.82) is 0 Å². The summed E-state index contributed by atoms with van der Waals surface area (Å²) >= 11 is 3.42. The van der Waals surface area contributed by atoms with Gasteiger partial charge in [0, 0.05) is 27.9 Å². The predicted molar refractivity (Wildman–Crippen MR) is 151 cm³/mol. The first kappa shape index (κ1) is 34.2. The molecule has 2 aromatic carbocycles. The van der Waals surface area contributed by atoms with E-state index in [0.29, 0.717) is 42.3 Å². The Kier molecular flexibility index (Phi) is 15.1. The molecular weight excluding hydrogens is 559 g/mol.